The fourth-order valence-corrected chi connectivity index (χ4v) is 2.46. The number of hydrogen-bond donors (Lipinski definition) is 1. The van der Waals surface area contributed by atoms with Gasteiger partial charge in [-0.3, -0.25) is 4.90 Å². The Hall–Kier alpha value is -0.120. The van der Waals surface area contributed by atoms with Crippen LogP contribution in [0, 0.1) is 0 Å². The molecule has 0 amide bonds. The van der Waals surface area contributed by atoms with E-state index in [0.717, 1.165) is 13.2 Å². The number of rotatable bonds is 7. The van der Waals surface area contributed by atoms with Crippen molar-refractivity contribution in [1.29, 1.82) is 0 Å². The zero-order valence-electron chi connectivity index (χ0n) is 13.0. The smallest absolute Gasteiger partial charge is 0.0518 e. The van der Waals surface area contributed by atoms with Crippen LogP contribution in [0.25, 0.3) is 0 Å². The maximum absolute atomic E-state index is 5.59. The first-order valence-corrected chi connectivity index (χ1v) is 7.57. The Morgan fingerprint density at radius 3 is 2.72 bits per heavy atom. The van der Waals surface area contributed by atoms with E-state index in [9.17, 15) is 0 Å². The number of piperazine rings is 1. The predicted molar refractivity (Wildman–Crippen MR) is 78.1 cm³/mol. The van der Waals surface area contributed by atoms with Gasteiger partial charge in [-0.15, -0.1) is 0 Å². The minimum Gasteiger partial charge on any atom is -0.379 e. The molecule has 1 fully saturated rings. The number of hydrogen-bond acceptors (Lipinski definition) is 3. The van der Waals surface area contributed by atoms with Gasteiger partial charge in [-0.2, -0.15) is 0 Å². The third kappa shape index (κ3) is 5.25. The second-order valence-electron chi connectivity index (χ2n) is 6.24. The van der Waals surface area contributed by atoms with Gasteiger partial charge in [0.25, 0.3) is 0 Å². The SMILES string of the molecule is CCC1(C)CN(CCCCOC(C)C)C(C)CN1. The fraction of sp³-hybridized carbons (Fsp3) is 1.00. The largest absolute Gasteiger partial charge is 0.379 e. The van der Waals surface area contributed by atoms with Gasteiger partial charge >= 0.3 is 0 Å². The summed E-state index contributed by atoms with van der Waals surface area (Å²) >= 11 is 0. The molecule has 0 aromatic carbocycles. The summed E-state index contributed by atoms with van der Waals surface area (Å²) in [4.78, 5) is 2.63. The molecule has 0 bridgehead atoms. The van der Waals surface area contributed by atoms with Crippen LogP contribution in [-0.4, -0.2) is 48.8 Å². The van der Waals surface area contributed by atoms with Crippen LogP contribution in [0.4, 0.5) is 0 Å². The van der Waals surface area contributed by atoms with Crippen LogP contribution < -0.4 is 5.32 Å². The van der Waals surface area contributed by atoms with E-state index >= 15 is 0 Å². The number of nitrogens with zero attached hydrogens (tertiary/aromatic N) is 1. The Labute approximate surface area is 113 Å². The molecular formula is C15H32N2O. The summed E-state index contributed by atoms with van der Waals surface area (Å²) in [6, 6.07) is 0.663. The molecule has 1 aliphatic rings. The van der Waals surface area contributed by atoms with Crippen molar-refractivity contribution in [2.75, 3.05) is 26.2 Å². The van der Waals surface area contributed by atoms with E-state index in [4.69, 9.17) is 4.74 Å². The summed E-state index contributed by atoms with van der Waals surface area (Å²) in [6.45, 7) is 15.6. The van der Waals surface area contributed by atoms with Crippen molar-refractivity contribution in [2.45, 2.75) is 71.6 Å². The first kappa shape index (κ1) is 15.9. The van der Waals surface area contributed by atoms with E-state index in [1.54, 1.807) is 0 Å². The predicted octanol–water partition coefficient (Wildman–Crippen LogP) is 2.65. The van der Waals surface area contributed by atoms with Gasteiger partial charge in [0, 0.05) is 31.3 Å². The minimum absolute atomic E-state index is 0.306. The second kappa shape index (κ2) is 7.46. The molecule has 2 unspecified atom stereocenters. The van der Waals surface area contributed by atoms with E-state index in [1.165, 1.54) is 32.4 Å². The van der Waals surface area contributed by atoms with E-state index in [-0.39, 0.29) is 0 Å². The molecule has 2 atom stereocenters. The van der Waals surface area contributed by atoms with Crippen molar-refractivity contribution < 1.29 is 4.74 Å². The highest BCUT2D eigenvalue weighted by atomic mass is 16.5. The lowest BCUT2D eigenvalue weighted by molar-refractivity contribution is 0.0649. The maximum atomic E-state index is 5.59. The van der Waals surface area contributed by atoms with Crippen LogP contribution in [0.3, 0.4) is 0 Å². The molecule has 0 aliphatic carbocycles. The normalized spacial score (nSPS) is 30.0. The van der Waals surface area contributed by atoms with Gasteiger partial charge < -0.3 is 10.1 Å². The van der Waals surface area contributed by atoms with Crippen molar-refractivity contribution >= 4 is 0 Å². The van der Waals surface area contributed by atoms with E-state index in [1.807, 2.05) is 0 Å². The molecule has 1 N–H and O–H groups in total. The Morgan fingerprint density at radius 2 is 2.11 bits per heavy atom. The van der Waals surface area contributed by atoms with Gasteiger partial charge in [0.1, 0.15) is 0 Å². The van der Waals surface area contributed by atoms with Crippen LogP contribution in [0.2, 0.25) is 0 Å². The van der Waals surface area contributed by atoms with Crippen molar-refractivity contribution in [3.05, 3.63) is 0 Å². The molecular weight excluding hydrogens is 224 g/mol. The molecule has 0 radical (unpaired) electrons. The molecule has 1 rings (SSSR count). The molecule has 0 aromatic rings. The Balaban J connectivity index is 2.23. The lowest BCUT2D eigenvalue weighted by atomic mass is 9.93. The van der Waals surface area contributed by atoms with E-state index < -0.39 is 0 Å². The molecule has 18 heavy (non-hydrogen) atoms. The second-order valence-corrected chi connectivity index (χ2v) is 6.24. The molecule has 3 heteroatoms. The molecule has 0 saturated carbocycles. The average molecular weight is 256 g/mol. The van der Waals surface area contributed by atoms with Gasteiger partial charge in [-0.25, -0.2) is 0 Å². The number of nitrogens with one attached hydrogen (secondary N) is 1. The highest BCUT2D eigenvalue weighted by Crippen LogP contribution is 2.19. The standard InChI is InChI=1S/C15H32N2O/c1-6-15(5)12-17(14(4)11-16-15)9-7-8-10-18-13(2)3/h13-14,16H,6-12H2,1-5H3. The molecule has 3 nitrogen and oxygen atoms in total. The molecule has 0 spiro atoms. The van der Waals surface area contributed by atoms with Crippen LogP contribution >= 0.6 is 0 Å². The molecule has 1 heterocycles. The molecule has 108 valence electrons. The maximum Gasteiger partial charge on any atom is 0.0518 e. The average Bonchev–Trinajstić information content (AvgIpc) is 2.33. The zero-order valence-corrected chi connectivity index (χ0v) is 13.0. The summed E-state index contributed by atoms with van der Waals surface area (Å²) < 4.78 is 5.59. The summed E-state index contributed by atoms with van der Waals surface area (Å²) in [5, 5.41) is 3.68. The summed E-state index contributed by atoms with van der Waals surface area (Å²) in [6.07, 6.45) is 3.99. The first-order chi connectivity index (χ1) is 8.47. The highest BCUT2D eigenvalue weighted by molar-refractivity contribution is 4.92. The Morgan fingerprint density at radius 1 is 1.39 bits per heavy atom. The molecule has 0 aromatic heterocycles. The highest BCUT2D eigenvalue weighted by Gasteiger charge is 2.31. The van der Waals surface area contributed by atoms with Crippen molar-refractivity contribution in [1.82, 2.24) is 10.2 Å². The fourth-order valence-electron chi connectivity index (χ4n) is 2.46. The van der Waals surface area contributed by atoms with Crippen molar-refractivity contribution in [3.63, 3.8) is 0 Å². The van der Waals surface area contributed by atoms with Gasteiger partial charge in [0.2, 0.25) is 0 Å². The Kier molecular flexibility index (Phi) is 6.61. The van der Waals surface area contributed by atoms with Crippen molar-refractivity contribution in [2.24, 2.45) is 0 Å². The van der Waals surface area contributed by atoms with E-state index in [2.05, 4.69) is 44.8 Å². The zero-order chi connectivity index (χ0) is 13.6. The lowest BCUT2D eigenvalue weighted by Gasteiger charge is -2.45. The monoisotopic (exact) mass is 256 g/mol. The van der Waals surface area contributed by atoms with Gasteiger partial charge in [-0.1, -0.05) is 6.92 Å². The summed E-state index contributed by atoms with van der Waals surface area (Å²) in [7, 11) is 0. The summed E-state index contributed by atoms with van der Waals surface area (Å²) in [5.74, 6) is 0. The minimum atomic E-state index is 0.306. The van der Waals surface area contributed by atoms with Gasteiger partial charge in [0.15, 0.2) is 0 Å². The number of ether oxygens (including phenoxy) is 1. The molecule has 1 aliphatic heterocycles. The van der Waals surface area contributed by atoms with E-state index in [0.29, 0.717) is 17.7 Å². The van der Waals surface area contributed by atoms with Crippen LogP contribution in [0.5, 0.6) is 0 Å². The summed E-state index contributed by atoms with van der Waals surface area (Å²) in [5.41, 5.74) is 0.306. The van der Waals surface area contributed by atoms with Crippen LogP contribution in [0.15, 0.2) is 0 Å². The van der Waals surface area contributed by atoms with Gasteiger partial charge in [0.05, 0.1) is 6.10 Å². The Bertz CT molecular complexity index is 233. The third-order valence-electron chi connectivity index (χ3n) is 4.07. The van der Waals surface area contributed by atoms with Crippen molar-refractivity contribution in [3.8, 4) is 0 Å². The first-order valence-electron chi connectivity index (χ1n) is 7.57. The van der Waals surface area contributed by atoms with Crippen LogP contribution in [0.1, 0.15) is 53.9 Å². The molecule has 1 saturated heterocycles. The quantitative estimate of drug-likeness (QED) is 0.709. The van der Waals surface area contributed by atoms with Crippen LogP contribution in [-0.2, 0) is 4.74 Å². The third-order valence-corrected chi connectivity index (χ3v) is 4.07. The van der Waals surface area contributed by atoms with Gasteiger partial charge in [-0.05, 0) is 53.5 Å². The number of unbranched alkanes of at least 4 members (excludes halogenated alkanes) is 1. The lowest BCUT2D eigenvalue weighted by Crippen LogP contribution is -2.61. The topological polar surface area (TPSA) is 24.5 Å².